The van der Waals surface area contributed by atoms with Crippen molar-refractivity contribution in [3.63, 3.8) is 0 Å². The van der Waals surface area contributed by atoms with Gasteiger partial charge in [0.05, 0.1) is 18.8 Å². The Balaban J connectivity index is 1.54. The number of hydrogen-bond acceptors (Lipinski definition) is 5. The molecule has 0 aliphatic rings. The number of carbonyl (C=O) groups excluding carboxylic acids is 3. The third-order valence-electron chi connectivity index (χ3n) is 5.19. The third kappa shape index (κ3) is 6.45. The van der Waals surface area contributed by atoms with Crippen LogP contribution >= 0.6 is 11.6 Å². The number of amides is 2. The highest BCUT2D eigenvalue weighted by Gasteiger charge is 2.23. The van der Waals surface area contributed by atoms with E-state index in [1.165, 1.54) is 16.6 Å². The number of aromatic nitrogens is 2. The molecule has 0 saturated heterocycles. The van der Waals surface area contributed by atoms with E-state index in [4.69, 9.17) is 16.3 Å². The summed E-state index contributed by atoms with van der Waals surface area (Å²) in [6, 6.07) is 15.2. The Bertz CT molecular complexity index is 1190. The molecule has 0 aliphatic heterocycles. The van der Waals surface area contributed by atoms with Gasteiger partial charge in [0.2, 0.25) is 5.91 Å². The van der Waals surface area contributed by atoms with E-state index < -0.39 is 18.5 Å². The molecule has 9 heteroatoms. The quantitative estimate of drug-likeness (QED) is 0.493. The Morgan fingerprint density at radius 1 is 1.00 bits per heavy atom. The van der Waals surface area contributed by atoms with Gasteiger partial charge in [0.25, 0.3) is 5.91 Å². The van der Waals surface area contributed by atoms with E-state index in [0.717, 1.165) is 16.7 Å². The van der Waals surface area contributed by atoms with E-state index in [-0.39, 0.29) is 23.2 Å². The van der Waals surface area contributed by atoms with Crippen LogP contribution in [0.2, 0.25) is 5.15 Å². The highest BCUT2D eigenvalue weighted by atomic mass is 35.5. The van der Waals surface area contributed by atoms with Gasteiger partial charge in [0.1, 0.15) is 10.7 Å². The zero-order valence-corrected chi connectivity index (χ0v) is 20.3. The lowest BCUT2D eigenvalue weighted by atomic mass is 10.1. The SMILES string of the molecule is Cc1ccc(Cn2nc(C)c(C(=O)OCC(=O)N(C)CC(=O)Nc3ccc(C)cc3)c2Cl)cc1. The minimum absolute atomic E-state index is 0.112. The molecule has 0 aliphatic carbocycles. The first-order valence-corrected chi connectivity index (χ1v) is 11.1. The van der Waals surface area contributed by atoms with Crippen LogP contribution in [0.25, 0.3) is 0 Å². The topological polar surface area (TPSA) is 93.5 Å². The van der Waals surface area contributed by atoms with Crippen molar-refractivity contribution in [1.29, 1.82) is 0 Å². The number of esters is 1. The molecule has 1 aromatic heterocycles. The van der Waals surface area contributed by atoms with Crippen LogP contribution in [0.15, 0.2) is 48.5 Å². The van der Waals surface area contributed by atoms with Crippen LogP contribution in [0.5, 0.6) is 0 Å². The number of carbonyl (C=O) groups is 3. The van der Waals surface area contributed by atoms with Crippen LogP contribution in [0.3, 0.4) is 0 Å². The van der Waals surface area contributed by atoms with Crippen LogP contribution in [0, 0.1) is 20.8 Å². The van der Waals surface area contributed by atoms with Crippen LogP contribution in [-0.2, 0) is 20.9 Å². The number of hydrogen-bond donors (Lipinski definition) is 1. The Kier molecular flexibility index (Phi) is 8.07. The molecule has 178 valence electrons. The predicted molar refractivity (Wildman–Crippen MR) is 130 cm³/mol. The molecule has 1 heterocycles. The first-order valence-electron chi connectivity index (χ1n) is 10.7. The minimum Gasteiger partial charge on any atom is -0.452 e. The van der Waals surface area contributed by atoms with Crippen molar-refractivity contribution in [2.75, 3.05) is 25.5 Å². The van der Waals surface area contributed by atoms with Gasteiger partial charge in [0, 0.05) is 12.7 Å². The summed E-state index contributed by atoms with van der Waals surface area (Å²) in [6.07, 6.45) is 0. The van der Waals surface area contributed by atoms with Crippen molar-refractivity contribution in [1.82, 2.24) is 14.7 Å². The maximum Gasteiger partial charge on any atom is 0.343 e. The Hall–Kier alpha value is -3.65. The van der Waals surface area contributed by atoms with Crippen molar-refractivity contribution in [3.05, 3.63) is 81.6 Å². The molecule has 0 fully saturated rings. The molecular formula is C25H27ClN4O4. The average molecular weight is 483 g/mol. The zero-order valence-electron chi connectivity index (χ0n) is 19.6. The first-order chi connectivity index (χ1) is 16.1. The normalized spacial score (nSPS) is 10.6. The van der Waals surface area contributed by atoms with Gasteiger partial charge < -0.3 is 15.0 Å². The number of anilines is 1. The van der Waals surface area contributed by atoms with Gasteiger partial charge in [-0.25, -0.2) is 9.48 Å². The molecule has 0 unspecified atom stereocenters. The van der Waals surface area contributed by atoms with Gasteiger partial charge >= 0.3 is 5.97 Å². The van der Waals surface area contributed by atoms with E-state index in [1.807, 2.05) is 50.2 Å². The van der Waals surface area contributed by atoms with Crippen molar-refractivity contribution in [3.8, 4) is 0 Å². The Morgan fingerprint density at radius 3 is 2.21 bits per heavy atom. The van der Waals surface area contributed by atoms with Gasteiger partial charge in [-0.15, -0.1) is 0 Å². The Morgan fingerprint density at radius 2 is 1.59 bits per heavy atom. The fourth-order valence-corrected chi connectivity index (χ4v) is 3.52. The standard InChI is InChI=1S/C25H27ClN4O4/c1-16-5-9-19(10-6-16)13-30-24(26)23(18(3)28-30)25(33)34-15-22(32)29(4)14-21(31)27-20-11-7-17(2)8-12-20/h5-12H,13-15H2,1-4H3,(H,27,31). The van der Waals surface area contributed by atoms with Crippen molar-refractivity contribution in [2.24, 2.45) is 0 Å². The van der Waals surface area contributed by atoms with E-state index >= 15 is 0 Å². The predicted octanol–water partition coefficient (Wildman–Crippen LogP) is 3.76. The highest BCUT2D eigenvalue weighted by molar-refractivity contribution is 6.32. The summed E-state index contributed by atoms with van der Waals surface area (Å²) in [5, 5.41) is 7.19. The van der Waals surface area contributed by atoms with Gasteiger partial charge in [0.15, 0.2) is 6.61 Å². The molecule has 2 aromatic carbocycles. The number of rotatable bonds is 8. The molecule has 8 nitrogen and oxygen atoms in total. The molecule has 3 aromatic rings. The largest absolute Gasteiger partial charge is 0.452 e. The molecule has 0 saturated carbocycles. The van der Waals surface area contributed by atoms with Crippen molar-refractivity contribution >= 4 is 35.1 Å². The van der Waals surface area contributed by atoms with Gasteiger partial charge in [-0.05, 0) is 38.5 Å². The number of nitrogens with one attached hydrogen (secondary N) is 1. The number of benzene rings is 2. The maximum absolute atomic E-state index is 12.6. The second-order valence-corrected chi connectivity index (χ2v) is 8.49. The molecule has 2 amide bonds. The average Bonchev–Trinajstić information content (AvgIpc) is 3.07. The van der Waals surface area contributed by atoms with Crippen LogP contribution in [0.4, 0.5) is 5.69 Å². The summed E-state index contributed by atoms with van der Waals surface area (Å²) in [5.74, 6) is -1.63. The van der Waals surface area contributed by atoms with Crippen molar-refractivity contribution < 1.29 is 19.1 Å². The maximum atomic E-state index is 12.6. The van der Waals surface area contributed by atoms with Crippen LogP contribution in [0.1, 0.15) is 32.7 Å². The van der Waals surface area contributed by atoms with Gasteiger partial charge in [-0.2, -0.15) is 5.10 Å². The second-order valence-electron chi connectivity index (χ2n) is 8.13. The molecule has 0 spiro atoms. The lowest BCUT2D eigenvalue weighted by Gasteiger charge is -2.17. The lowest BCUT2D eigenvalue weighted by molar-refractivity contribution is -0.136. The summed E-state index contributed by atoms with van der Waals surface area (Å²) in [5.41, 5.74) is 4.34. The fraction of sp³-hybridized carbons (Fsp3) is 0.280. The fourth-order valence-electron chi connectivity index (χ4n) is 3.21. The number of ether oxygens (including phenoxy) is 1. The van der Waals surface area contributed by atoms with Gasteiger partial charge in [-0.3, -0.25) is 9.59 Å². The van der Waals surface area contributed by atoms with E-state index in [9.17, 15) is 14.4 Å². The number of nitrogens with zero attached hydrogens (tertiary/aromatic N) is 3. The number of aryl methyl sites for hydroxylation is 3. The smallest absolute Gasteiger partial charge is 0.343 e. The summed E-state index contributed by atoms with van der Waals surface area (Å²) < 4.78 is 6.68. The molecule has 34 heavy (non-hydrogen) atoms. The number of likely N-dealkylation sites (N-methyl/N-ethyl adjacent to an activating group) is 1. The highest BCUT2D eigenvalue weighted by Crippen LogP contribution is 2.22. The van der Waals surface area contributed by atoms with E-state index in [0.29, 0.717) is 17.9 Å². The van der Waals surface area contributed by atoms with Crippen LogP contribution in [-0.4, -0.2) is 52.7 Å². The molecule has 0 radical (unpaired) electrons. The summed E-state index contributed by atoms with van der Waals surface area (Å²) in [4.78, 5) is 38.4. The summed E-state index contributed by atoms with van der Waals surface area (Å²) >= 11 is 6.39. The molecule has 0 bridgehead atoms. The summed E-state index contributed by atoms with van der Waals surface area (Å²) in [6.45, 7) is 5.29. The lowest BCUT2D eigenvalue weighted by Crippen LogP contribution is -2.37. The second kappa shape index (κ2) is 11.0. The molecule has 1 N–H and O–H groups in total. The third-order valence-corrected chi connectivity index (χ3v) is 5.58. The minimum atomic E-state index is -0.747. The number of halogens is 1. The first kappa shape index (κ1) is 25.0. The zero-order chi connectivity index (χ0) is 24.8. The van der Waals surface area contributed by atoms with Gasteiger partial charge in [-0.1, -0.05) is 59.1 Å². The van der Waals surface area contributed by atoms with E-state index in [1.54, 1.807) is 19.1 Å². The summed E-state index contributed by atoms with van der Waals surface area (Å²) in [7, 11) is 1.46. The molecule has 0 atom stereocenters. The molecule has 3 rings (SSSR count). The van der Waals surface area contributed by atoms with E-state index in [2.05, 4.69) is 10.4 Å². The van der Waals surface area contributed by atoms with Crippen LogP contribution < -0.4 is 5.32 Å². The monoisotopic (exact) mass is 482 g/mol. The Labute approximate surface area is 203 Å². The van der Waals surface area contributed by atoms with Crippen molar-refractivity contribution in [2.45, 2.75) is 27.3 Å². The molecular weight excluding hydrogens is 456 g/mol.